The van der Waals surface area contributed by atoms with Crippen LogP contribution in [0, 0.1) is 6.92 Å². The number of methoxy groups -OCH3 is 1. The normalized spacial score (nSPS) is 19.0. The van der Waals surface area contributed by atoms with E-state index in [1.54, 1.807) is 4.90 Å². The highest BCUT2D eigenvalue weighted by molar-refractivity contribution is 7.09. The van der Waals surface area contributed by atoms with Crippen LogP contribution in [0.3, 0.4) is 0 Å². The van der Waals surface area contributed by atoms with Crippen LogP contribution in [0.1, 0.15) is 23.5 Å². The van der Waals surface area contributed by atoms with Crippen LogP contribution >= 0.6 is 11.3 Å². The quantitative estimate of drug-likeness (QED) is 0.772. The summed E-state index contributed by atoms with van der Waals surface area (Å²) < 4.78 is 4.72. The maximum atomic E-state index is 12.1. The van der Waals surface area contributed by atoms with Gasteiger partial charge in [0.2, 0.25) is 5.91 Å². The number of carbonyl (C=O) groups is 2. The summed E-state index contributed by atoms with van der Waals surface area (Å²) in [6, 6.07) is -0.413. The molecule has 0 radical (unpaired) electrons. The summed E-state index contributed by atoms with van der Waals surface area (Å²) in [6.45, 7) is 2.53. The van der Waals surface area contributed by atoms with Crippen molar-refractivity contribution in [3.05, 3.63) is 16.1 Å². The lowest BCUT2D eigenvalue weighted by Gasteiger charge is -2.22. The van der Waals surface area contributed by atoms with Crippen molar-refractivity contribution in [2.45, 2.75) is 32.2 Å². The summed E-state index contributed by atoms with van der Waals surface area (Å²) in [5, 5.41) is 2.72. The van der Waals surface area contributed by atoms with E-state index in [2.05, 4.69) is 4.98 Å². The Morgan fingerprint density at radius 1 is 1.61 bits per heavy atom. The van der Waals surface area contributed by atoms with Crippen LogP contribution in [0.5, 0.6) is 0 Å². The molecule has 1 unspecified atom stereocenters. The van der Waals surface area contributed by atoms with Gasteiger partial charge in [0.1, 0.15) is 11.0 Å². The maximum absolute atomic E-state index is 12.1. The molecule has 1 amide bonds. The second-order valence-corrected chi connectivity index (χ2v) is 5.27. The zero-order chi connectivity index (χ0) is 13.1. The molecule has 1 saturated heterocycles. The lowest BCUT2D eigenvalue weighted by atomic mass is 10.2. The van der Waals surface area contributed by atoms with Crippen molar-refractivity contribution < 1.29 is 14.3 Å². The third-order valence-electron chi connectivity index (χ3n) is 3.02. The summed E-state index contributed by atoms with van der Waals surface area (Å²) in [5.41, 5.74) is 0.925. The highest BCUT2D eigenvalue weighted by atomic mass is 32.1. The maximum Gasteiger partial charge on any atom is 0.328 e. The second-order valence-electron chi connectivity index (χ2n) is 4.33. The van der Waals surface area contributed by atoms with Crippen LogP contribution in [-0.2, 0) is 20.7 Å². The molecular weight excluding hydrogens is 252 g/mol. The largest absolute Gasteiger partial charge is 0.467 e. The topological polar surface area (TPSA) is 59.5 Å². The molecule has 1 aromatic rings. The van der Waals surface area contributed by atoms with Crippen molar-refractivity contribution in [3.63, 3.8) is 0 Å². The van der Waals surface area contributed by atoms with Gasteiger partial charge in [0.15, 0.2) is 0 Å². The van der Waals surface area contributed by atoms with Gasteiger partial charge in [-0.2, -0.15) is 0 Å². The molecule has 1 aromatic heterocycles. The van der Waals surface area contributed by atoms with Crippen molar-refractivity contribution in [1.29, 1.82) is 0 Å². The lowest BCUT2D eigenvalue weighted by Crippen LogP contribution is -2.41. The average molecular weight is 268 g/mol. The number of thiazole rings is 1. The van der Waals surface area contributed by atoms with Gasteiger partial charge in [0.05, 0.1) is 13.5 Å². The number of aromatic nitrogens is 1. The zero-order valence-corrected chi connectivity index (χ0v) is 11.3. The molecule has 2 rings (SSSR count). The van der Waals surface area contributed by atoms with E-state index < -0.39 is 6.04 Å². The van der Waals surface area contributed by atoms with E-state index in [9.17, 15) is 9.59 Å². The monoisotopic (exact) mass is 268 g/mol. The van der Waals surface area contributed by atoms with Gasteiger partial charge in [-0.1, -0.05) is 0 Å². The Morgan fingerprint density at radius 2 is 2.39 bits per heavy atom. The van der Waals surface area contributed by atoms with Crippen LogP contribution in [0.4, 0.5) is 0 Å². The minimum Gasteiger partial charge on any atom is -0.467 e. The first kappa shape index (κ1) is 13.0. The summed E-state index contributed by atoms with van der Waals surface area (Å²) in [7, 11) is 1.35. The van der Waals surface area contributed by atoms with Crippen LogP contribution in [0.15, 0.2) is 5.38 Å². The van der Waals surface area contributed by atoms with E-state index in [1.807, 2.05) is 12.3 Å². The molecule has 6 heteroatoms. The Bertz CT molecular complexity index is 458. The van der Waals surface area contributed by atoms with Crippen molar-refractivity contribution in [2.75, 3.05) is 13.7 Å². The summed E-state index contributed by atoms with van der Waals surface area (Å²) in [5.74, 6) is -0.367. The predicted molar refractivity (Wildman–Crippen MR) is 67.3 cm³/mol. The molecule has 0 aliphatic carbocycles. The van der Waals surface area contributed by atoms with Crippen molar-refractivity contribution in [2.24, 2.45) is 0 Å². The van der Waals surface area contributed by atoms with Crippen molar-refractivity contribution in [1.82, 2.24) is 9.88 Å². The SMILES string of the molecule is COC(=O)C1CCCN1C(=O)Cc1nc(C)cs1. The molecule has 1 fully saturated rings. The molecule has 1 atom stereocenters. The first-order valence-electron chi connectivity index (χ1n) is 5.90. The fourth-order valence-corrected chi connectivity index (χ4v) is 2.92. The molecule has 0 N–H and O–H groups in total. The Kier molecular flexibility index (Phi) is 3.96. The summed E-state index contributed by atoms with van der Waals surface area (Å²) in [6.07, 6.45) is 1.81. The number of esters is 1. The molecule has 18 heavy (non-hydrogen) atoms. The number of nitrogens with zero attached hydrogens (tertiary/aromatic N) is 2. The third-order valence-corrected chi connectivity index (χ3v) is 3.98. The number of carbonyl (C=O) groups excluding carboxylic acids is 2. The fourth-order valence-electron chi connectivity index (χ4n) is 2.16. The van der Waals surface area contributed by atoms with Gasteiger partial charge >= 0.3 is 5.97 Å². The van der Waals surface area contributed by atoms with Crippen molar-refractivity contribution in [3.8, 4) is 0 Å². The number of hydrogen-bond donors (Lipinski definition) is 0. The summed E-state index contributed by atoms with van der Waals surface area (Å²) in [4.78, 5) is 29.6. The molecule has 0 bridgehead atoms. The van der Waals surface area contributed by atoms with Crippen LogP contribution in [0.25, 0.3) is 0 Å². The fraction of sp³-hybridized carbons (Fsp3) is 0.583. The van der Waals surface area contributed by atoms with Gasteiger partial charge in [0, 0.05) is 17.6 Å². The Balaban J connectivity index is 2.02. The third kappa shape index (κ3) is 2.69. The van der Waals surface area contributed by atoms with E-state index in [1.165, 1.54) is 18.4 Å². The molecular formula is C12H16N2O3S. The van der Waals surface area contributed by atoms with E-state index >= 15 is 0 Å². The van der Waals surface area contributed by atoms with Gasteiger partial charge in [-0.05, 0) is 19.8 Å². The average Bonchev–Trinajstić information content (AvgIpc) is 2.97. The van der Waals surface area contributed by atoms with Crippen molar-refractivity contribution >= 4 is 23.2 Å². The summed E-state index contributed by atoms with van der Waals surface area (Å²) >= 11 is 1.48. The van der Waals surface area contributed by atoms with Gasteiger partial charge in [-0.15, -0.1) is 11.3 Å². The second kappa shape index (κ2) is 5.48. The smallest absolute Gasteiger partial charge is 0.328 e. The minimum atomic E-state index is -0.413. The highest BCUT2D eigenvalue weighted by Gasteiger charge is 2.34. The molecule has 98 valence electrons. The lowest BCUT2D eigenvalue weighted by molar-refractivity contribution is -0.150. The first-order valence-corrected chi connectivity index (χ1v) is 6.78. The predicted octanol–water partition coefficient (Wildman–Crippen LogP) is 1.16. The molecule has 5 nitrogen and oxygen atoms in total. The molecule has 0 saturated carbocycles. The Labute approximate surface area is 110 Å². The first-order chi connectivity index (χ1) is 8.61. The van der Waals surface area contributed by atoms with E-state index in [0.29, 0.717) is 13.0 Å². The number of amides is 1. The van der Waals surface area contributed by atoms with Gasteiger partial charge < -0.3 is 9.64 Å². The number of likely N-dealkylation sites (tertiary alicyclic amines) is 1. The van der Waals surface area contributed by atoms with Gasteiger partial charge in [-0.25, -0.2) is 9.78 Å². The number of ether oxygens (including phenoxy) is 1. The van der Waals surface area contributed by atoms with Crippen LogP contribution < -0.4 is 0 Å². The molecule has 1 aliphatic rings. The zero-order valence-electron chi connectivity index (χ0n) is 10.5. The van der Waals surface area contributed by atoms with Crippen LogP contribution in [-0.4, -0.2) is 41.5 Å². The molecule has 0 spiro atoms. The van der Waals surface area contributed by atoms with E-state index in [0.717, 1.165) is 17.1 Å². The molecule has 2 heterocycles. The Hall–Kier alpha value is -1.43. The van der Waals surface area contributed by atoms with Crippen LogP contribution in [0.2, 0.25) is 0 Å². The van der Waals surface area contributed by atoms with Gasteiger partial charge in [-0.3, -0.25) is 4.79 Å². The molecule has 1 aliphatic heterocycles. The Morgan fingerprint density at radius 3 is 3.00 bits per heavy atom. The van der Waals surface area contributed by atoms with E-state index in [4.69, 9.17) is 4.74 Å². The van der Waals surface area contributed by atoms with Gasteiger partial charge in [0.25, 0.3) is 0 Å². The minimum absolute atomic E-state index is 0.0442. The number of rotatable bonds is 3. The number of hydrogen-bond acceptors (Lipinski definition) is 5. The molecule has 0 aromatic carbocycles. The highest BCUT2D eigenvalue weighted by Crippen LogP contribution is 2.20. The number of aryl methyl sites for hydroxylation is 1. The van der Waals surface area contributed by atoms with E-state index in [-0.39, 0.29) is 18.3 Å². The standard InChI is InChI=1S/C12H16N2O3S/c1-8-7-18-10(13-8)6-11(15)14-5-3-4-9(14)12(16)17-2/h7,9H,3-6H2,1-2H3.